The van der Waals surface area contributed by atoms with Crippen molar-refractivity contribution in [2.45, 2.75) is 58.0 Å². The molecule has 2 nitrogen and oxygen atoms in total. The van der Waals surface area contributed by atoms with Crippen LogP contribution in [0.3, 0.4) is 0 Å². The Bertz CT molecular complexity index is 69.6. The minimum absolute atomic E-state index is 0.366. The fraction of sp³-hybridized carbons (Fsp3) is 1.00. The van der Waals surface area contributed by atoms with Crippen LogP contribution in [0.4, 0.5) is 0 Å². The quantitative estimate of drug-likeness (QED) is 0.577. The predicted molar refractivity (Wildman–Crippen MR) is 50.4 cm³/mol. The fourth-order valence-corrected chi connectivity index (χ4v) is 1.11. The van der Waals surface area contributed by atoms with Crippen molar-refractivity contribution in [3.05, 3.63) is 0 Å². The molecule has 0 fully saturated rings. The second-order valence-electron chi connectivity index (χ2n) is 3.59. The number of hydrogen-bond donors (Lipinski definition) is 2. The highest BCUT2D eigenvalue weighted by Gasteiger charge is 1.96. The van der Waals surface area contributed by atoms with Crippen LogP contribution in [0.25, 0.3) is 0 Å². The third-order valence-electron chi connectivity index (χ3n) is 1.82. The molecule has 0 aliphatic heterocycles. The number of unbranched alkanes of at least 4 members (excludes halogenated alkanes) is 2. The van der Waals surface area contributed by atoms with Gasteiger partial charge < -0.3 is 11.5 Å². The summed E-state index contributed by atoms with van der Waals surface area (Å²) in [4.78, 5) is 0. The molecule has 0 saturated heterocycles. The third kappa shape index (κ3) is 9.92. The van der Waals surface area contributed by atoms with Crippen molar-refractivity contribution in [1.29, 1.82) is 0 Å². The van der Waals surface area contributed by atoms with Crippen LogP contribution in [0.5, 0.6) is 0 Å². The van der Waals surface area contributed by atoms with Gasteiger partial charge in [0.25, 0.3) is 0 Å². The molecule has 0 spiro atoms. The highest BCUT2D eigenvalue weighted by Crippen LogP contribution is 2.05. The summed E-state index contributed by atoms with van der Waals surface area (Å²) in [7, 11) is 0. The first-order valence-electron chi connectivity index (χ1n) is 4.64. The highest BCUT2D eigenvalue weighted by molar-refractivity contribution is 4.56. The first kappa shape index (κ1) is 10.9. The van der Waals surface area contributed by atoms with E-state index in [9.17, 15) is 0 Å². The average Bonchev–Trinajstić information content (AvgIpc) is 1.85. The largest absolute Gasteiger partial charge is 0.328 e. The zero-order chi connectivity index (χ0) is 8.69. The van der Waals surface area contributed by atoms with Crippen molar-refractivity contribution in [3.8, 4) is 0 Å². The monoisotopic (exact) mass is 158 g/mol. The molecule has 4 N–H and O–H groups in total. The molecular formula is C9H22N2. The Labute approximate surface area is 70.3 Å². The Morgan fingerprint density at radius 2 is 1.18 bits per heavy atom. The van der Waals surface area contributed by atoms with Crippen molar-refractivity contribution in [2.75, 3.05) is 0 Å². The molecule has 68 valence electrons. The molecule has 0 aromatic rings. The molecule has 2 heteroatoms. The van der Waals surface area contributed by atoms with Crippen LogP contribution >= 0.6 is 0 Å². The second-order valence-corrected chi connectivity index (χ2v) is 3.59. The molecule has 0 aliphatic carbocycles. The lowest BCUT2D eigenvalue weighted by Crippen LogP contribution is -2.15. The second kappa shape index (κ2) is 6.62. The summed E-state index contributed by atoms with van der Waals surface area (Å²) in [6.45, 7) is 4.12. The van der Waals surface area contributed by atoms with Crippen molar-refractivity contribution < 1.29 is 0 Å². The SMILES string of the molecule is CC(N)CCCCCC(C)N. The Morgan fingerprint density at radius 3 is 1.45 bits per heavy atom. The van der Waals surface area contributed by atoms with E-state index in [-0.39, 0.29) is 0 Å². The van der Waals surface area contributed by atoms with Gasteiger partial charge in [-0.25, -0.2) is 0 Å². The number of hydrogen-bond acceptors (Lipinski definition) is 2. The van der Waals surface area contributed by atoms with E-state index in [1.165, 1.54) is 19.3 Å². The lowest BCUT2D eigenvalue weighted by molar-refractivity contribution is 0.540. The zero-order valence-corrected chi connectivity index (χ0v) is 7.84. The maximum Gasteiger partial charge on any atom is 0.00104 e. The van der Waals surface area contributed by atoms with Gasteiger partial charge in [0.05, 0.1) is 0 Å². The van der Waals surface area contributed by atoms with E-state index in [0.717, 1.165) is 12.8 Å². The topological polar surface area (TPSA) is 52.0 Å². The molecule has 0 amide bonds. The van der Waals surface area contributed by atoms with Gasteiger partial charge in [0, 0.05) is 12.1 Å². The van der Waals surface area contributed by atoms with E-state index in [4.69, 9.17) is 11.5 Å². The summed E-state index contributed by atoms with van der Waals surface area (Å²) < 4.78 is 0. The molecule has 0 aromatic carbocycles. The lowest BCUT2D eigenvalue weighted by Gasteiger charge is -2.05. The first-order valence-corrected chi connectivity index (χ1v) is 4.64. The Balaban J connectivity index is 2.91. The predicted octanol–water partition coefficient (Wildman–Crippen LogP) is 1.63. The van der Waals surface area contributed by atoms with E-state index >= 15 is 0 Å². The smallest absolute Gasteiger partial charge is 0.00104 e. The first-order chi connectivity index (χ1) is 5.13. The van der Waals surface area contributed by atoms with Crippen molar-refractivity contribution in [3.63, 3.8) is 0 Å². The molecule has 11 heavy (non-hydrogen) atoms. The summed E-state index contributed by atoms with van der Waals surface area (Å²) in [6, 6.07) is 0.732. The molecule has 2 unspecified atom stereocenters. The summed E-state index contributed by atoms with van der Waals surface area (Å²) in [6.07, 6.45) is 6.09. The number of rotatable bonds is 6. The molecule has 0 rings (SSSR count). The molecule has 2 atom stereocenters. The molecule has 0 aliphatic rings. The molecule has 0 bridgehead atoms. The standard InChI is InChI=1S/C9H22N2/c1-8(10)6-4-3-5-7-9(2)11/h8-9H,3-7,10-11H2,1-2H3. The summed E-state index contributed by atoms with van der Waals surface area (Å²) in [5.74, 6) is 0. The van der Waals surface area contributed by atoms with E-state index in [1.54, 1.807) is 0 Å². The maximum atomic E-state index is 5.61. The summed E-state index contributed by atoms with van der Waals surface area (Å²) >= 11 is 0. The van der Waals surface area contributed by atoms with Gasteiger partial charge in [-0.15, -0.1) is 0 Å². The van der Waals surface area contributed by atoms with Crippen molar-refractivity contribution >= 4 is 0 Å². The maximum absolute atomic E-state index is 5.61. The van der Waals surface area contributed by atoms with Crippen molar-refractivity contribution in [1.82, 2.24) is 0 Å². The van der Waals surface area contributed by atoms with Gasteiger partial charge in [0.15, 0.2) is 0 Å². The number of nitrogens with two attached hydrogens (primary N) is 2. The van der Waals surface area contributed by atoms with Crippen molar-refractivity contribution in [2.24, 2.45) is 11.5 Å². The molecule has 0 saturated carbocycles. The Morgan fingerprint density at radius 1 is 0.818 bits per heavy atom. The summed E-state index contributed by atoms with van der Waals surface area (Å²) in [5.41, 5.74) is 11.2. The summed E-state index contributed by atoms with van der Waals surface area (Å²) in [5, 5.41) is 0. The Hall–Kier alpha value is -0.0800. The molecule has 0 aromatic heterocycles. The molecule has 0 radical (unpaired) electrons. The van der Waals surface area contributed by atoms with Crippen LogP contribution in [-0.2, 0) is 0 Å². The van der Waals surface area contributed by atoms with Crippen LogP contribution < -0.4 is 11.5 Å². The normalized spacial score (nSPS) is 16.4. The Kier molecular flexibility index (Phi) is 6.57. The van der Waals surface area contributed by atoms with Crippen LogP contribution in [0, 0.1) is 0 Å². The van der Waals surface area contributed by atoms with Gasteiger partial charge in [0.1, 0.15) is 0 Å². The average molecular weight is 158 g/mol. The highest BCUT2D eigenvalue weighted by atomic mass is 14.6. The van der Waals surface area contributed by atoms with Gasteiger partial charge in [-0.05, 0) is 26.7 Å². The minimum atomic E-state index is 0.366. The lowest BCUT2D eigenvalue weighted by atomic mass is 10.1. The van der Waals surface area contributed by atoms with Crippen LogP contribution in [0.15, 0.2) is 0 Å². The molecular weight excluding hydrogens is 136 g/mol. The van der Waals surface area contributed by atoms with Gasteiger partial charge in [-0.3, -0.25) is 0 Å². The minimum Gasteiger partial charge on any atom is -0.328 e. The van der Waals surface area contributed by atoms with E-state index < -0.39 is 0 Å². The van der Waals surface area contributed by atoms with Gasteiger partial charge in [-0.2, -0.15) is 0 Å². The van der Waals surface area contributed by atoms with Crippen LogP contribution in [0.1, 0.15) is 46.0 Å². The third-order valence-corrected chi connectivity index (χ3v) is 1.82. The van der Waals surface area contributed by atoms with Crippen LogP contribution in [-0.4, -0.2) is 12.1 Å². The fourth-order valence-electron chi connectivity index (χ4n) is 1.11. The van der Waals surface area contributed by atoms with Crippen LogP contribution in [0.2, 0.25) is 0 Å². The van der Waals surface area contributed by atoms with Gasteiger partial charge >= 0.3 is 0 Å². The van der Waals surface area contributed by atoms with Gasteiger partial charge in [0.2, 0.25) is 0 Å². The zero-order valence-electron chi connectivity index (χ0n) is 7.84. The van der Waals surface area contributed by atoms with E-state index in [1.807, 2.05) is 0 Å². The van der Waals surface area contributed by atoms with E-state index in [2.05, 4.69) is 13.8 Å². The molecule has 0 heterocycles. The van der Waals surface area contributed by atoms with Gasteiger partial charge in [-0.1, -0.05) is 19.3 Å². The van der Waals surface area contributed by atoms with E-state index in [0.29, 0.717) is 12.1 Å².